The Labute approximate surface area is 351 Å². The average Bonchev–Trinajstić information content (AvgIpc) is 4.00. The van der Waals surface area contributed by atoms with Crippen molar-refractivity contribution in [2.75, 3.05) is 4.90 Å². The van der Waals surface area contributed by atoms with Crippen LogP contribution in [0.1, 0.15) is 106 Å². The summed E-state index contributed by atoms with van der Waals surface area (Å²) < 4.78 is 0. The highest BCUT2D eigenvalue weighted by atomic mass is 15.1. The van der Waals surface area contributed by atoms with Crippen LogP contribution in [0.5, 0.6) is 0 Å². The molecular formula is C58H55N. The fraction of sp³-hybridized carbons (Fsp3) is 0.276. The molecule has 7 aromatic carbocycles. The van der Waals surface area contributed by atoms with Crippen molar-refractivity contribution in [1.29, 1.82) is 0 Å². The Morgan fingerprint density at radius 2 is 1.14 bits per heavy atom. The van der Waals surface area contributed by atoms with E-state index in [1.807, 2.05) is 0 Å². The topological polar surface area (TPSA) is 3.24 Å². The van der Waals surface area contributed by atoms with Crippen molar-refractivity contribution in [3.8, 4) is 44.5 Å². The van der Waals surface area contributed by atoms with E-state index in [1.165, 1.54) is 142 Å². The molecule has 59 heavy (non-hydrogen) atoms. The van der Waals surface area contributed by atoms with Crippen molar-refractivity contribution < 1.29 is 0 Å². The lowest BCUT2D eigenvalue weighted by atomic mass is 9.80. The highest BCUT2D eigenvalue weighted by Crippen LogP contribution is 2.57. The van der Waals surface area contributed by atoms with Gasteiger partial charge in [-0.1, -0.05) is 173 Å². The maximum absolute atomic E-state index is 2.60. The highest BCUT2D eigenvalue weighted by molar-refractivity contribution is 6.00. The molecule has 0 aromatic heterocycles. The third kappa shape index (κ3) is 6.28. The molecule has 11 rings (SSSR count). The van der Waals surface area contributed by atoms with Crippen molar-refractivity contribution in [2.24, 2.45) is 11.8 Å². The van der Waals surface area contributed by atoms with E-state index in [4.69, 9.17) is 0 Å². The number of rotatable bonds is 8. The third-order valence-corrected chi connectivity index (χ3v) is 15.0. The van der Waals surface area contributed by atoms with Crippen LogP contribution in [0.3, 0.4) is 0 Å². The fourth-order valence-corrected chi connectivity index (χ4v) is 12.1. The van der Waals surface area contributed by atoms with Gasteiger partial charge in [0.1, 0.15) is 0 Å². The first-order chi connectivity index (χ1) is 29.0. The predicted molar refractivity (Wildman–Crippen MR) is 249 cm³/mol. The van der Waals surface area contributed by atoms with Gasteiger partial charge < -0.3 is 4.90 Å². The number of hydrogen-bond donors (Lipinski definition) is 0. The Hall–Kier alpha value is -5.66. The van der Waals surface area contributed by atoms with Crippen molar-refractivity contribution in [2.45, 2.75) is 88.9 Å². The molecule has 0 spiro atoms. The van der Waals surface area contributed by atoms with Crippen molar-refractivity contribution in [1.82, 2.24) is 0 Å². The molecule has 292 valence electrons. The molecule has 4 aliphatic rings. The molecule has 1 nitrogen and oxygen atoms in total. The van der Waals surface area contributed by atoms with Crippen LogP contribution >= 0.6 is 0 Å². The van der Waals surface area contributed by atoms with Gasteiger partial charge in [-0.25, -0.2) is 0 Å². The van der Waals surface area contributed by atoms with Gasteiger partial charge in [0.2, 0.25) is 0 Å². The quantitative estimate of drug-likeness (QED) is 0.149. The highest BCUT2D eigenvalue weighted by Gasteiger charge is 2.41. The van der Waals surface area contributed by atoms with Gasteiger partial charge in [0, 0.05) is 22.4 Å². The molecule has 0 saturated heterocycles. The Morgan fingerprint density at radius 3 is 1.88 bits per heavy atom. The predicted octanol–water partition coefficient (Wildman–Crippen LogP) is 16.4. The minimum Gasteiger partial charge on any atom is -0.310 e. The monoisotopic (exact) mass is 765 g/mol. The normalized spacial score (nSPS) is 20.3. The van der Waals surface area contributed by atoms with Gasteiger partial charge in [0.05, 0.1) is 5.69 Å². The summed E-state index contributed by atoms with van der Waals surface area (Å²) in [5.41, 5.74) is 19.8. The molecule has 7 aromatic rings. The van der Waals surface area contributed by atoms with Gasteiger partial charge >= 0.3 is 0 Å². The maximum Gasteiger partial charge on any atom is 0.0540 e. The van der Waals surface area contributed by atoms with E-state index in [1.54, 1.807) is 0 Å². The van der Waals surface area contributed by atoms with Crippen LogP contribution in [0.4, 0.5) is 17.1 Å². The Morgan fingerprint density at radius 1 is 0.475 bits per heavy atom. The zero-order valence-corrected chi connectivity index (χ0v) is 34.7. The first kappa shape index (κ1) is 36.4. The van der Waals surface area contributed by atoms with E-state index < -0.39 is 0 Å². The molecule has 3 saturated carbocycles. The molecule has 4 aliphatic carbocycles. The number of fused-ring (bicyclic) bond motifs is 5. The van der Waals surface area contributed by atoms with Gasteiger partial charge in [-0.15, -0.1) is 0 Å². The van der Waals surface area contributed by atoms with Crippen LogP contribution in [0.2, 0.25) is 0 Å². The second-order valence-electron chi connectivity index (χ2n) is 18.6. The second kappa shape index (κ2) is 14.9. The van der Waals surface area contributed by atoms with Gasteiger partial charge in [-0.05, 0) is 147 Å². The van der Waals surface area contributed by atoms with E-state index in [0.29, 0.717) is 11.8 Å². The maximum atomic E-state index is 2.60. The molecule has 3 fully saturated rings. The summed E-state index contributed by atoms with van der Waals surface area (Å²) in [4.78, 5) is 2.60. The summed E-state index contributed by atoms with van der Waals surface area (Å²) in [6.07, 6.45) is 12.2. The van der Waals surface area contributed by atoms with E-state index in [2.05, 4.69) is 183 Å². The molecule has 0 N–H and O–H groups in total. The second-order valence-corrected chi connectivity index (χ2v) is 18.6. The minimum atomic E-state index is -0.178. The van der Waals surface area contributed by atoms with Gasteiger partial charge in [-0.3, -0.25) is 0 Å². The van der Waals surface area contributed by atoms with Crippen LogP contribution in [0, 0.1) is 11.8 Å². The molecule has 3 unspecified atom stereocenters. The average molecular weight is 766 g/mol. The summed E-state index contributed by atoms with van der Waals surface area (Å²) >= 11 is 0. The van der Waals surface area contributed by atoms with Gasteiger partial charge in [0.15, 0.2) is 0 Å². The number of para-hydroxylation sites is 1. The zero-order chi connectivity index (χ0) is 39.5. The number of anilines is 3. The Bertz CT molecular complexity index is 2640. The summed E-state index contributed by atoms with van der Waals surface area (Å²) in [6.45, 7) is 4.86. The summed E-state index contributed by atoms with van der Waals surface area (Å²) in [6, 6.07) is 62.6. The first-order valence-electron chi connectivity index (χ1n) is 22.5. The molecule has 3 atom stereocenters. The lowest BCUT2D eigenvalue weighted by Gasteiger charge is -2.32. The molecule has 2 bridgehead atoms. The standard InChI is InChI=1S/C58H55N/c1-58(2)54-27-15-13-26-51(54)57-53(49-24-12-10-22-47(49)41-19-7-4-8-20-41)37-45(38-55(57)58)59(44-33-31-42(32-34-44)52-36-39-29-30-43(52)35-39)56-28-16-14-25-50(56)48-23-11-9-21-46(48)40-17-5-3-6-18-40/h4,7-16,19-28,31-34,37-40,43,52H,3,5-6,17-18,29-30,35-36H2,1-2H3. The lowest BCUT2D eigenvalue weighted by molar-refractivity contribution is 0.420. The largest absolute Gasteiger partial charge is 0.310 e. The fourth-order valence-electron chi connectivity index (χ4n) is 12.1. The zero-order valence-electron chi connectivity index (χ0n) is 34.7. The number of hydrogen-bond acceptors (Lipinski definition) is 1. The minimum absolute atomic E-state index is 0.178. The van der Waals surface area contributed by atoms with E-state index in [-0.39, 0.29) is 5.41 Å². The van der Waals surface area contributed by atoms with Gasteiger partial charge in [0.25, 0.3) is 0 Å². The van der Waals surface area contributed by atoms with E-state index in [9.17, 15) is 0 Å². The molecule has 0 radical (unpaired) electrons. The molecule has 0 heterocycles. The lowest BCUT2D eigenvalue weighted by Crippen LogP contribution is -2.17. The van der Waals surface area contributed by atoms with Crippen LogP contribution in [0.15, 0.2) is 164 Å². The third-order valence-electron chi connectivity index (χ3n) is 15.0. The summed E-state index contributed by atoms with van der Waals surface area (Å²) in [5.74, 6) is 3.08. The molecule has 1 heteroatoms. The Kier molecular flexibility index (Phi) is 9.18. The number of benzene rings is 7. The van der Waals surface area contributed by atoms with E-state index in [0.717, 1.165) is 11.8 Å². The van der Waals surface area contributed by atoms with Crippen LogP contribution < -0.4 is 4.90 Å². The van der Waals surface area contributed by atoms with Gasteiger partial charge in [-0.2, -0.15) is 0 Å². The van der Waals surface area contributed by atoms with Crippen LogP contribution in [-0.2, 0) is 5.41 Å². The van der Waals surface area contributed by atoms with Crippen molar-refractivity contribution >= 4 is 17.1 Å². The van der Waals surface area contributed by atoms with Crippen molar-refractivity contribution in [3.63, 3.8) is 0 Å². The Balaban J connectivity index is 1.15. The van der Waals surface area contributed by atoms with E-state index >= 15 is 0 Å². The van der Waals surface area contributed by atoms with Crippen molar-refractivity contribution in [3.05, 3.63) is 186 Å². The summed E-state index contributed by atoms with van der Waals surface area (Å²) in [5, 5.41) is 0. The summed E-state index contributed by atoms with van der Waals surface area (Å²) in [7, 11) is 0. The van der Waals surface area contributed by atoms with Crippen LogP contribution in [0.25, 0.3) is 44.5 Å². The SMILES string of the molecule is CC1(C)c2ccccc2-c2c(-c3ccccc3-c3ccccc3)cc(N(c3ccc(C4CC5CCC4C5)cc3)c3ccccc3-c3ccccc3C3CCCCC3)cc21. The molecule has 0 aliphatic heterocycles. The molecule has 0 amide bonds. The smallest absolute Gasteiger partial charge is 0.0540 e. The first-order valence-corrected chi connectivity index (χ1v) is 22.5. The number of nitrogens with zero attached hydrogens (tertiary/aromatic N) is 1. The van der Waals surface area contributed by atoms with Crippen LogP contribution in [-0.4, -0.2) is 0 Å². The molecular weight excluding hydrogens is 711 g/mol.